The van der Waals surface area contributed by atoms with Crippen LogP contribution in [0.3, 0.4) is 0 Å². The quantitative estimate of drug-likeness (QED) is 0.588. The summed E-state index contributed by atoms with van der Waals surface area (Å²) in [5.74, 6) is 0. The molecule has 0 unspecified atom stereocenters. The van der Waals surface area contributed by atoms with Gasteiger partial charge in [-0.25, -0.2) is 0 Å². The Kier molecular flexibility index (Phi) is 2.24. The summed E-state index contributed by atoms with van der Waals surface area (Å²) in [6.07, 6.45) is 4.88. The first-order valence-electron chi connectivity index (χ1n) is 4.06. The zero-order valence-electron chi connectivity index (χ0n) is 6.56. The second-order valence-corrected chi connectivity index (χ2v) is 3.95. The Morgan fingerprint density at radius 2 is 2.33 bits per heavy atom. The van der Waals surface area contributed by atoms with Gasteiger partial charge in [0.05, 0.1) is 11.1 Å². The minimum atomic E-state index is 0.0625. The maximum absolute atomic E-state index is 6.10. The summed E-state index contributed by atoms with van der Waals surface area (Å²) < 4.78 is 0. The standard InChI is InChI=1S/C9H9Cl2N/c10-7-4-5-12-9-6(7)2-1-3-8(9)11/h4-5,8H,1-3H2/t8-/m0/s1. The van der Waals surface area contributed by atoms with Crippen molar-refractivity contribution in [3.63, 3.8) is 0 Å². The molecule has 0 bridgehead atoms. The molecule has 0 fully saturated rings. The predicted octanol–water partition coefficient (Wildman–Crippen LogP) is 3.35. The van der Waals surface area contributed by atoms with Crippen LogP contribution < -0.4 is 0 Å². The van der Waals surface area contributed by atoms with Gasteiger partial charge in [-0.05, 0) is 30.9 Å². The molecule has 3 heteroatoms. The van der Waals surface area contributed by atoms with Gasteiger partial charge in [0.1, 0.15) is 0 Å². The zero-order valence-corrected chi connectivity index (χ0v) is 8.07. The van der Waals surface area contributed by atoms with Crippen LogP contribution in [0, 0.1) is 0 Å². The molecule has 1 aromatic rings. The van der Waals surface area contributed by atoms with Crippen LogP contribution in [0.5, 0.6) is 0 Å². The van der Waals surface area contributed by atoms with Gasteiger partial charge in [0.15, 0.2) is 0 Å². The number of fused-ring (bicyclic) bond motifs is 1. The van der Waals surface area contributed by atoms with Crippen molar-refractivity contribution in [1.82, 2.24) is 4.98 Å². The Hall–Kier alpha value is -0.270. The van der Waals surface area contributed by atoms with Crippen molar-refractivity contribution in [1.29, 1.82) is 0 Å². The summed E-state index contributed by atoms with van der Waals surface area (Å²) in [6.45, 7) is 0. The minimum absolute atomic E-state index is 0.0625. The molecule has 0 aliphatic heterocycles. The van der Waals surface area contributed by atoms with Crippen molar-refractivity contribution in [3.05, 3.63) is 28.5 Å². The average Bonchev–Trinajstić information content (AvgIpc) is 2.07. The smallest absolute Gasteiger partial charge is 0.0760 e. The SMILES string of the molecule is Clc1ccnc2c1CCC[C@@H]2Cl. The van der Waals surface area contributed by atoms with E-state index < -0.39 is 0 Å². The van der Waals surface area contributed by atoms with Gasteiger partial charge < -0.3 is 0 Å². The van der Waals surface area contributed by atoms with Crippen molar-refractivity contribution in [3.8, 4) is 0 Å². The van der Waals surface area contributed by atoms with E-state index in [9.17, 15) is 0 Å². The number of alkyl halides is 1. The fourth-order valence-corrected chi connectivity index (χ4v) is 2.19. The summed E-state index contributed by atoms with van der Waals surface area (Å²) in [5.41, 5.74) is 2.13. The lowest BCUT2D eigenvalue weighted by Gasteiger charge is -2.19. The minimum Gasteiger partial charge on any atom is -0.259 e. The van der Waals surface area contributed by atoms with E-state index in [1.165, 1.54) is 0 Å². The normalized spacial score (nSPS) is 22.0. The van der Waals surface area contributed by atoms with Gasteiger partial charge in [0, 0.05) is 11.2 Å². The van der Waals surface area contributed by atoms with Gasteiger partial charge >= 0.3 is 0 Å². The molecule has 0 radical (unpaired) electrons. The molecule has 1 heterocycles. The summed E-state index contributed by atoms with van der Waals surface area (Å²) >= 11 is 12.1. The van der Waals surface area contributed by atoms with Crippen LogP contribution in [0.25, 0.3) is 0 Å². The molecule has 1 atom stereocenters. The summed E-state index contributed by atoms with van der Waals surface area (Å²) in [4.78, 5) is 4.24. The van der Waals surface area contributed by atoms with Gasteiger partial charge in [0.25, 0.3) is 0 Å². The summed E-state index contributed by atoms with van der Waals surface area (Å²) in [6, 6.07) is 1.83. The molecule has 64 valence electrons. The van der Waals surface area contributed by atoms with Crippen LogP contribution in [0.2, 0.25) is 5.02 Å². The number of hydrogen-bond acceptors (Lipinski definition) is 1. The number of aromatic nitrogens is 1. The predicted molar refractivity (Wildman–Crippen MR) is 50.8 cm³/mol. The molecule has 0 saturated heterocycles. The fraction of sp³-hybridized carbons (Fsp3) is 0.444. The second-order valence-electron chi connectivity index (χ2n) is 3.02. The van der Waals surface area contributed by atoms with E-state index in [2.05, 4.69) is 4.98 Å². The molecular formula is C9H9Cl2N. The Morgan fingerprint density at radius 1 is 1.50 bits per heavy atom. The molecule has 0 saturated carbocycles. The Balaban J connectivity index is 2.52. The average molecular weight is 202 g/mol. The third-order valence-corrected chi connectivity index (χ3v) is 2.99. The Morgan fingerprint density at radius 3 is 3.08 bits per heavy atom. The molecule has 1 nitrogen and oxygen atoms in total. The fourth-order valence-electron chi connectivity index (χ4n) is 1.60. The molecule has 1 aliphatic rings. The summed E-state index contributed by atoms with van der Waals surface area (Å²) in [7, 11) is 0. The lowest BCUT2D eigenvalue weighted by molar-refractivity contribution is 0.650. The highest BCUT2D eigenvalue weighted by atomic mass is 35.5. The molecular weight excluding hydrogens is 193 g/mol. The highest BCUT2D eigenvalue weighted by molar-refractivity contribution is 6.31. The van der Waals surface area contributed by atoms with Gasteiger partial charge in [0.2, 0.25) is 0 Å². The van der Waals surface area contributed by atoms with Crippen molar-refractivity contribution in [2.24, 2.45) is 0 Å². The molecule has 1 aliphatic carbocycles. The van der Waals surface area contributed by atoms with Crippen molar-refractivity contribution < 1.29 is 0 Å². The lowest BCUT2D eigenvalue weighted by atomic mass is 9.96. The van der Waals surface area contributed by atoms with E-state index in [0.717, 1.165) is 35.5 Å². The number of rotatable bonds is 0. The van der Waals surface area contributed by atoms with Crippen molar-refractivity contribution >= 4 is 23.2 Å². The molecule has 0 spiro atoms. The summed E-state index contributed by atoms with van der Waals surface area (Å²) in [5, 5.41) is 0.873. The van der Waals surface area contributed by atoms with E-state index in [1.54, 1.807) is 6.20 Å². The van der Waals surface area contributed by atoms with Crippen LogP contribution in [-0.2, 0) is 6.42 Å². The van der Waals surface area contributed by atoms with Crippen molar-refractivity contribution in [2.45, 2.75) is 24.6 Å². The monoisotopic (exact) mass is 201 g/mol. The molecule has 2 rings (SSSR count). The number of pyridine rings is 1. The van der Waals surface area contributed by atoms with Crippen LogP contribution in [-0.4, -0.2) is 4.98 Å². The van der Waals surface area contributed by atoms with Gasteiger partial charge in [-0.3, -0.25) is 4.98 Å². The van der Waals surface area contributed by atoms with Crippen LogP contribution in [0.15, 0.2) is 12.3 Å². The topological polar surface area (TPSA) is 12.9 Å². The first-order chi connectivity index (χ1) is 5.79. The highest BCUT2D eigenvalue weighted by Gasteiger charge is 2.20. The molecule has 12 heavy (non-hydrogen) atoms. The largest absolute Gasteiger partial charge is 0.259 e. The first kappa shape index (κ1) is 8.33. The van der Waals surface area contributed by atoms with Crippen LogP contribution >= 0.6 is 23.2 Å². The van der Waals surface area contributed by atoms with E-state index in [0.29, 0.717) is 0 Å². The number of nitrogens with zero attached hydrogens (tertiary/aromatic N) is 1. The maximum Gasteiger partial charge on any atom is 0.0760 e. The van der Waals surface area contributed by atoms with E-state index in [4.69, 9.17) is 23.2 Å². The van der Waals surface area contributed by atoms with Gasteiger partial charge in [-0.15, -0.1) is 11.6 Å². The van der Waals surface area contributed by atoms with E-state index in [1.807, 2.05) is 6.07 Å². The van der Waals surface area contributed by atoms with E-state index in [-0.39, 0.29) is 5.38 Å². The Labute approximate surface area is 81.7 Å². The third kappa shape index (κ3) is 1.32. The second kappa shape index (κ2) is 3.23. The van der Waals surface area contributed by atoms with Gasteiger partial charge in [-0.1, -0.05) is 11.6 Å². The molecule has 0 aromatic carbocycles. The molecule has 0 amide bonds. The van der Waals surface area contributed by atoms with Gasteiger partial charge in [-0.2, -0.15) is 0 Å². The van der Waals surface area contributed by atoms with Crippen LogP contribution in [0.4, 0.5) is 0 Å². The molecule has 0 N–H and O–H groups in total. The third-order valence-electron chi connectivity index (χ3n) is 2.21. The van der Waals surface area contributed by atoms with Crippen LogP contribution in [0.1, 0.15) is 29.5 Å². The lowest BCUT2D eigenvalue weighted by Crippen LogP contribution is -2.07. The first-order valence-corrected chi connectivity index (χ1v) is 4.88. The maximum atomic E-state index is 6.10. The number of hydrogen-bond donors (Lipinski definition) is 0. The zero-order chi connectivity index (χ0) is 8.55. The highest BCUT2D eigenvalue weighted by Crippen LogP contribution is 2.35. The van der Waals surface area contributed by atoms with E-state index >= 15 is 0 Å². The number of halogens is 2. The Bertz CT molecular complexity index is 299. The molecule has 1 aromatic heterocycles. The van der Waals surface area contributed by atoms with Crippen molar-refractivity contribution in [2.75, 3.05) is 0 Å².